The second kappa shape index (κ2) is 3.70. The van der Waals surface area contributed by atoms with Gasteiger partial charge in [0.2, 0.25) is 10.0 Å². The Morgan fingerprint density at radius 2 is 2.00 bits per heavy atom. The zero-order chi connectivity index (χ0) is 11.8. The SMILES string of the molecule is Cc1nc(N)c(C(F)F)cc1S(N)(=O)=O. The number of primary sulfonamides is 1. The van der Waals surface area contributed by atoms with Gasteiger partial charge in [-0.25, -0.2) is 27.3 Å². The number of anilines is 1. The second-order valence-electron chi connectivity index (χ2n) is 2.89. The van der Waals surface area contributed by atoms with E-state index in [0.717, 1.165) is 6.07 Å². The van der Waals surface area contributed by atoms with Crippen molar-refractivity contribution in [2.75, 3.05) is 5.73 Å². The van der Waals surface area contributed by atoms with Crippen LogP contribution in [-0.2, 0) is 10.0 Å². The molecule has 0 aliphatic rings. The molecule has 0 spiro atoms. The molecule has 0 aliphatic heterocycles. The van der Waals surface area contributed by atoms with Crippen LogP contribution in [-0.4, -0.2) is 13.4 Å². The number of hydrogen-bond donors (Lipinski definition) is 2. The molecule has 0 fully saturated rings. The van der Waals surface area contributed by atoms with E-state index < -0.39 is 32.7 Å². The maximum atomic E-state index is 12.4. The molecule has 0 atom stereocenters. The van der Waals surface area contributed by atoms with Crippen molar-refractivity contribution in [3.05, 3.63) is 17.3 Å². The summed E-state index contributed by atoms with van der Waals surface area (Å²) in [6.45, 7) is 1.32. The first-order chi connectivity index (χ1) is 6.73. The molecule has 5 nitrogen and oxygen atoms in total. The number of aromatic nitrogens is 1. The van der Waals surface area contributed by atoms with E-state index in [4.69, 9.17) is 10.9 Å². The molecule has 15 heavy (non-hydrogen) atoms. The molecule has 1 aromatic heterocycles. The summed E-state index contributed by atoms with van der Waals surface area (Å²) >= 11 is 0. The van der Waals surface area contributed by atoms with Gasteiger partial charge >= 0.3 is 0 Å². The second-order valence-corrected chi connectivity index (χ2v) is 4.42. The van der Waals surface area contributed by atoms with Gasteiger partial charge in [0.1, 0.15) is 10.7 Å². The quantitative estimate of drug-likeness (QED) is 0.784. The van der Waals surface area contributed by atoms with Gasteiger partial charge in [-0.05, 0) is 13.0 Å². The zero-order valence-electron chi connectivity index (χ0n) is 7.74. The van der Waals surface area contributed by atoms with Crippen molar-refractivity contribution in [2.45, 2.75) is 18.2 Å². The van der Waals surface area contributed by atoms with Crippen molar-refractivity contribution >= 4 is 15.8 Å². The number of hydrogen-bond acceptors (Lipinski definition) is 4. The van der Waals surface area contributed by atoms with Crippen LogP contribution in [0, 0.1) is 6.92 Å². The minimum absolute atomic E-state index is 0.000556. The summed E-state index contributed by atoms with van der Waals surface area (Å²) in [5.74, 6) is -0.394. The first kappa shape index (κ1) is 11.8. The highest BCUT2D eigenvalue weighted by molar-refractivity contribution is 7.89. The Hall–Kier alpha value is -1.28. The number of aryl methyl sites for hydroxylation is 1. The van der Waals surface area contributed by atoms with Gasteiger partial charge in [-0.15, -0.1) is 0 Å². The van der Waals surface area contributed by atoms with Crippen LogP contribution < -0.4 is 10.9 Å². The lowest BCUT2D eigenvalue weighted by Gasteiger charge is -2.08. The maximum absolute atomic E-state index is 12.4. The van der Waals surface area contributed by atoms with E-state index in [1.165, 1.54) is 6.92 Å². The molecule has 0 saturated carbocycles. The lowest BCUT2D eigenvalue weighted by atomic mass is 10.2. The molecule has 0 radical (unpaired) electrons. The summed E-state index contributed by atoms with van der Waals surface area (Å²) in [6.07, 6.45) is -2.89. The van der Waals surface area contributed by atoms with Crippen molar-refractivity contribution in [3.8, 4) is 0 Å². The Bertz CT molecular complexity index is 487. The van der Waals surface area contributed by atoms with Gasteiger partial charge in [0.05, 0.1) is 11.3 Å². The lowest BCUT2D eigenvalue weighted by molar-refractivity contribution is 0.151. The fraction of sp³-hybridized carbons (Fsp3) is 0.286. The van der Waals surface area contributed by atoms with Crippen LogP contribution in [0.1, 0.15) is 17.7 Å². The summed E-state index contributed by atoms with van der Waals surface area (Å²) in [4.78, 5) is 3.06. The van der Waals surface area contributed by atoms with E-state index in [-0.39, 0.29) is 5.69 Å². The van der Waals surface area contributed by atoms with E-state index in [2.05, 4.69) is 4.98 Å². The van der Waals surface area contributed by atoms with Gasteiger partial charge in [0.25, 0.3) is 6.43 Å². The smallest absolute Gasteiger partial charge is 0.267 e. The largest absolute Gasteiger partial charge is 0.383 e. The van der Waals surface area contributed by atoms with Crippen LogP contribution in [0.15, 0.2) is 11.0 Å². The Morgan fingerprint density at radius 1 is 1.47 bits per heavy atom. The molecular formula is C7H9F2N3O2S. The van der Waals surface area contributed by atoms with Gasteiger partial charge in [0.15, 0.2) is 0 Å². The minimum atomic E-state index is -4.06. The molecule has 0 amide bonds. The van der Waals surface area contributed by atoms with Gasteiger partial charge in [-0.1, -0.05) is 0 Å². The van der Waals surface area contributed by atoms with Crippen molar-refractivity contribution in [2.24, 2.45) is 5.14 Å². The third kappa shape index (κ3) is 2.39. The van der Waals surface area contributed by atoms with Crippen LogP contribution in [0.25, 0.3) is 0 Å². The van der Waals surface area contributed by atoms with Crippen LogP contribution in [0.5, 0.6) is 0 Å². The normalized spacial score (nSPS) is 12.1. The minimum Gasteiger partial charge on any atom is -0.383 e. The molecule has 0 aliphatic carbocycles. The number of alkyl halides is 2. The van der Waals surface area contributed by atoms with E-state index in [9.17, 15) is 17.2 Å². The van der Waals surface area contributed by atoms with Crippen molar-refractivity contribution in [1.82, 2.24) is 4.98 Å². The maximum Gasteiger partial charge on any atom is 0.267 e. The van der Waals surface area contributed by atoms with Crippen molar-refractivity contribution < 1.29 is 17.2 Å². The zero-order valence-corrected chi connectivity index (χ0v) is 8.55. The summed E-state index contributed by atoms with van der Waals surface area (Å²) in [5, 5.41) is 4.82. The summed E-state index contributed by atoms with van der Waals surface area (Å²) in [6, 6.07) is 0.748. The highest BCUT2D eigenvalue weighted by Crippen LogP contribution is 2.27. The highest BCUT2D eigenvalue weighted by Gasteiger charge is 2.20. The number of nitrogens with zero attached hydrogens (tertiary/aromatic N) is 1. The van der Waals surface area contributed by atoms with Crippen LogP contribution in [0.3, 0.4) is 0 Å². The number of nitrogen functional groups attached to an aromatic ring is 1. The number of rotatable bonds is 2. The Kier molecular flexibility index (Phi) is 2.91. The summed E-state index contributed by atoms with van der Waals surface area (Å²) in [7, 11) is -4.06. The van der Waals surface area contributed by atoms with Gasteiger partial charge in [-0.3, -0.25) is 0 Å². The number of sulfonamides is 1. The van der Waals surface area contributed by atoms with Gasteiger partial charge in [-0.2, -0.15) is 0 Å². The number of nitrogens with two attached hydrogens (primary N) is 2. The van der Waals surface area contributed by atoms with Crippen LogP contribution >= 0.6 is 0 Å². The first-order valence-electron chi connectivity index (χ1n) is 3.81. The van der Waals surface area contributed by atoms with Crippen LogP contribution in [0.4, 0.5) is 14.6 Å². The Morgan fingerprint density at radius 3 is 2.40 bits per heavy atom. The Labute approximate surface area is 85.2 Å². The molecule has 0 aromatic carbocycles. The predicted octanol–water partition coefficient (Wildman–Crippen LogP) is 0.557. The molecule has 0 bridgehead atoms. The predicted molar refractivity (Wildman–Crippen MR) is 49.7 cm³/mol. The van der Waals surface area contributed by atoms with Crippen LogP contribution in [0.2, 0.25) is 0 Å². The standard InChI is InChI=1S/C7H9F2N3O2S/c1-3-5(15(11,13)14)2-4(6(8)9)7(10)12-3/h2,6H,1H3,(H2,10,12)(H2,11,13,14). The monoisotopic (exact) mass is 237 g/mol. The van der Waals surface area contributed by atoms with Gasteiger partial charge < -0.3 is 5.73 Å². The fourth-order valence-electron chi connectivity index (χ4n) is 1.08. The average molecular weight is 237 g/mol. The van der Waals surface area contributed by atoms with E-state index in [0.29, 0.717) is 0 Å². The summed E-state index contributed by atoms with van der Waals surface area (Å²) < 4.78 is 46.7. The van der Waals surface area contributed by atoms with Gasteiger partial charge in [0, 0.05) is 0 Å². The molecular weight excluding hydrogens is 228 g/mol. The number of halogens is 2. The molecule has 1 heterocycles. The van der Waals surface area contributed by atoms with E-state index in [1.807, 2.05) is 0 Å². The molecule has 1 rings (SSSR count). The third-order valence-corrected chi connectivity index (χ3v) is 2.80. The molecule has 8 heteroatoms. The fourth-order valence-corrected chi connectivity index (χ4v) is 1.83. The van der Waals surface area contributed by atoms with E-state index >= 15 is 0 Å². The van der Waals surface area contributed by atoms with E-state index in [1.54, 1.807) is 0 Å². The molecule has 0 unspecified atom stereocenters. The molecule has 4 N–H and O–H groups in total. The molecule has 1 aromatic rings. The lowest BCUT2D eigenvalue weighted by Crippen LogP contribution is -2.16. The van der Waals surface area contributed by atoms with Crippen molar-refractivity contribution in [3.63, 3.8) is 0 Å². The topological polar surface area (TPSA) is 99.1 Å². The highest BCUT2D eigenvalue weighted by atomic mass is 32.2. The third-order valence-electron chi connectivity index (χ3n) is 1.77. The number of pyridine rings is 1. The molecule has 0 saturated heterocycles. The van der Waals surface area contributed by atoms with Crippen molar-refractivity contribution in [1.29, 1.82) is 0 Å². The summed E-state index contributed by atoms with van der Waals surface area (Å²) in [5.41, 5.74) is 4.57. The average Bonchev–Trinajstić information content (AvgIpc) is 2.00. The first-order valence-corrected chi connectivity index (χ1v) is 5.36. The molecule has 84 valence electrons. The Balaban J connectivity index is 3.50.